The number of rotatable bonds is 5. The largest absolute Gasteiger partial charge is 0.330 e. The van der Waals surface area contributed by atoms with Gasteiger partial charge in [0.25, 0.3) is 5.69 Å². The van der Waals surface area contributed by atoms with Crippen LogP contribution in [0.2, 0.25) is 0 Å². The maximum Gasteiger partial charge on any atom is 0.277 e. The fraction of sp³-hybridized carbons (Fsp3) is 0.182. The lowest BCUT2D eigenvalue weighted by atomic mass is 10.1. The molecule has 0 aromatic heterocycles. The van der Waals surface area contributed by atoms with E-state index in [9.17, 15) is 14.9 Å². The van der Waals surface area contributed by atoms with Gasteiger partial charge in [-0.25, -0.2) is 0 Å². The van der Waals surface area contributed by atoms with Crippen LogP contribution < -0.4 is 5.73 Å². The molecule has 0 heterocycles. The van der Waals surface area contributed by atoms with Crippen molar-refractivity contribution in [3.05, 3.63) is 45.5 Å². The third-order valence-corrected chi connectivity index (χ3v) is 2.02. The summed E-state index contributed by atoms with van der Waals surface area (Å²) in [4.78, 5) is 20.7. The third-order valence-electron chi connectivity index (χ3n) is 2.02. The van der Waals surface area contributed by atoms with E-state index >= 15 is 0 Å². The van der Waals surface area contributed by atoms with Crippen molar-refractivity contribution in [2.75, 3.05) is 6.54 Å². The lowest BCUT2D eigenvalue weighted by molar-refractivity contribution is -0.385. The van der Waals surface area contributed by atoms with Gasteiger partial charge in [-0.15, -0.1) is 0 Å². The number of benzene rings is 1. The maximum atomic E-state index is 10.8. The molecule has 0 aliphatic rings. The van der Waals surface area contributed by atoms with Crippen LogP contribution in [0.25, 0.3) is 6.08 Å². The summed E-state index contributed by atoms with van der Waals surface area (Å²) in [6.45, 7) is 0.497. The molecule has 0 saturated heterocycles. The van der Waals surface area contributed by atoms with E-state index in [0.29, 0.717) is 30.4 Å². The Hall–Kier alpha value is -2.01. The molecule has 1 aromatic rings. The number of nitro groups is 1. The molecule has 84 valence electrons. The van der Waals surface area contributed by atoms with Crippen LogP contribution in [-0.4, -0.2) is 17.8 Å². The highest BCUT2D eigenvalue weighted by Crippen LogP contribution is 2.21. The van der Waals surface area contributed by atoms with Crippen LogP contribution in [0.5, 0.6) is 0 Å². The van der Waals surface area contributed by atoms with Crippen molar-refractivity contribution in [1.82, 2.24) is 0 Å². The Labute approximate surface area is 92.7 Å². The molecule has 0 unspecified atom stereocenters. The van der Waals surface area contributed by atoms with E-state index in [1.165, 1.54) is 6.07 Å². The smallest absolute Gasteiger partial charge is 0.277 e. The van der Waals surface area contributed by atoms with Crippen LogP contribution in [0.3, 0.4) is 0 Å². The van der Waals surface area contributed by atoms with Crippen LogP contribution in [0, 0.1) is 10.1 Å². The van der Waals surface area contributed by atoms with E-state index in [4.69, 9.17) is 5.73 Å². The Morgan fingerprint density at radius 3 is 2.75 bits per heavy atom. The summed E-state index contributed by atoms with van der Waals surface area (Å²) in [5.41, 5.74) is 6.00. The number of hydrogen-bond donors (Lipinski definition) is 1. The SMILES string of the molecule is NCCC=Cc1ccc(C=O)cc1[N+](=O)[O-]. The predicted molar refractivity (Wildman–Crippen MR) is 61.2 cm³/mol. The number of carbonyl (C=O) groups excluding carboxylic acids is 1. The van der Waals surface area contributed by atoms with Gasteiger partial charge in [-0.1, -0.05) is 18.2 Å². The molecule has 0 spiro atoms. The maximum absolute atomic E-state index is 10.8. The van der Waals surface area contributed by atoms with Gasteiger partial charge in [0.05, 0.1) is 10.5 Å². The quantitative estimate of drug-likeness (QED) is 0.465. The fourth-order valence-electron chi connectivity index (χ4n) is 1.24. The minimum Gasteiger partial charge on any atom is -0.330 e. The van der Waals surface area contributed by atoms with Crippen molar-refractivity contribution in [3.8, 4) is 0 Å². The molecule has 0 saturated carbocycles. The van der Waals surface area contributed by atoms with Gasteiger partial charge < -0.3 is 5.73 Å². The summed E-state index contributed by atoms with van der Waals surface area (Å²) >= 11 is 0. The summed E-state index contributed by atoms with van der Waals surface area (Å²) in [6, 6.07) is 4.35. The van der Waals surface area contributed by atoms with E-state index in [-0.39, 0.29) is 5.69 Å². The zero-order chi connectivity index (χ0) is 12.0. The predicted octanol–water partition coefficient (Wildman–Crippen LogP) is 1.77. The van der Waals surface area contributed by atoms with Gasteiger partial charge in [-0.3, -0.25) is 14.9 Å². The third kappa shape index (κ3) is 2.99. The Balaban J connectivity index is 3.08. The zero-order valence-electron chi connectivity index (χ0n) is 8.63. The summed E-state index contributed by atoms with van der Waals surface area (Å²) in [6.07, 6.45) is 4.65. The number of nitrogens with zero attached hydrogens (tertiary/aromatic N) is 1. The standard InChI is InChI=1S/C11H12N2O3/c12-6-2-1-3-10-5-4-9(8-14)7-11(10)13(15)16/h1,3-5,7-8H,2,6,12H2. The first kappa shape index (κ1) is 12.1. The number of aldehydes is 1. The van der Waals surface area contributed by atoms with Gasteiger partial charge in [0.15, 0.2) is 0 Å². The van der Waals surface area contributed by atoms with E-state index in [2.05, 4.69) is 0 Å². The second kappa shape index (κ2) is 5.77. The highest BCUT2D eigenvalue weighted by Gasteiger charge is 2.11. The molecule has 0 atom stereocenters. The van der Waals surface area contributed by atoms with Crippen LogP contribution in [0.15, 0.2) is 24.3 Å². The van der Waals surface area contributed by atoms with Crippen molar-refractivity contribution in [3.63, 3.8) is 0 Å². The molecule has 0 aliphatic heterocycles. The second-order valence-corrected chi connectivity index (χ2v) is 3.17. The Kier molecular flexibility index (Phi) is 4.35. The number of hydrogen-bond acceptors (Lipinski definition) is 4. The highest BCUT2D eigenvalue weighted by molar-refractivity contribution is 5.78. The van der Waals surface area contributed by atoms with E-state index in [1.54, 1.807) is 24.3 Å². The van der Waals surface area contributed by atoms with Gasteiger partial charge in [-0.2, -0.15) is 0 Å². The Morgan fingerprint density at radius 1 is 1.44 bits per heavy atom. The number of carbonyl (C=O) groups is 1. The van der Waals surface area contributed by atoms with Gasteiger partial charge in [0, 0.05) is 11.6 Å². The summed E-state index contributed by atoms with van der Waals surface area (Å²) in [5.74, 6) is 0. The summed E-state index contributed by atoms with van der Waals surface area (Å²) in [5, 5.41) is 10.8. The van der Waals surface area contributed by atoms with Crippen LogP contribution in [-0.2, 0) is 0 Å². The minimum absolute atomic E-state index is 0.0714. The van der Waals surface area contributed by atoms with Crippen LogP contribution >= 0.6 is 0 Å². The molecular weight excluding hydrogens is 208 g/mol. The zero-order valence-corrected chi connectivity index (χ0v) is 8.63. The molecule has 0 bridgehead atoms. The first-order chi connectivity index (χ1) is 7.69. The average molecular weight is 220 g/mol. The van der Waals surface area contributed by atoms with Crippen molar-refractivity contribution in [2.45, 2.75) is 6.42 Å². The first-order valence-corrected chi connectivity index (χ1v) is 4.79. The lowest BCUT2D eigenvalue weighted by Crippen LogP contribution is -1.96. The van der Waals surface area contributed by atoms with Gasteiger partial charge in [0.1, 0.15) is 6.29 Å². The minimum atomic E-state index is -0.505. The number of nitro benzene ring substituents is 1. The summed E-state index contributed by atoms with van der Waals surface area (Å²) < 4.78 is 0. The normalized spacial score (nSPS) is 10.6. The Bertz CT molecular complexity index is 427. The highest BCUT2D eigenvalue weighted by atomic mass is 16.6. The van der Waals surface area contributed by atoms with Gasteiger partial charge >= 0.3 is 0 Å². The number of nitrogens with two attached hydrogens (primary N) is 1. The van der Waals surface area contributed by atoms with E-state index in [0.717, 1.165) is 0 Å². The van der Waals surface area contributed by atoms with Crippen molar-refractivity contribution >= 4 is 18.0 Å². The second-order valence-electron chi connectivity index (χ2n) is 3.17. The van der Waals surface area contributed by atoms with E-state index < -0.39 is 4.92 Å². The molecule has 0 radical (unpaired) electrons. The van der Waals surface area contributed by atoms with Crippen molar-refractivity contribution < 1.29 is 9.72 Å². The fourth-order valence-corrected chi connectivity index (χ4v) is 1.24. The molecule has 5 heteroatoms. The molecule has 0 aliphatic carbocycles. The summed E-state index contributed by atoms with van der Waals surface area (Å²) in [7, 11) is 0. The van der Waals surface area contributed by atoms with E-state index in [1.807, 2.05) is 0 Å². The lowest BCUT2D eigenvalue weighted by Gasteiger charge is -1.98. The molecule has 16 heavy (non-hydrogen) atoms. The topological polar surface area (TPSA) is 86.2 Å². The molecule has 5 nitrogen and oxygen atoms in total. The Morgan fingerprint density at radius 2 is 2.19 bits per heavy atom. The molecule has 0 amide bonds. The molecule has 2 N–H and O–H groups in total. The average Bonchev–Trinajstić information content (AvgIpc) is 2.29. The van der Waals surface area contributed by atoms with Gasteiger partial charge in [0.2, 0.25) is 0 Å². The molecule has 1 rings (SSSR count). The van der Waals surface area contributed by atoms with Crippen molar-refractivity contribution in [2.24, 2.45) is 5.73 Å². The van der Waals surface area contributed by atoms with Gasteiger partial charge in [-0.05, 0) is 19.0 Å². The first-order valence-electron chi connectivity index (χ1n) is 4.79. The monoisotopic (exact) mass is 220 g/mol. The molecular formula is C11H12N2O3. The van der Waals surface area contributed by atoms with Crippen LogP contribution in [0.4, 0.5) is 5.69 Å². The molecule has 0 fully saturated rings. The van der Waals surface area contributed by atoms with Crippen LogP contribution in [0.1, 0.15) is 22.3 Å². The molecule has 1 aromatic carbocycles. The van der Waals surface area contributed by atoms with Crippen molar-refractivity contribution in [1.29, 1.82) is 0 Å².